The summed E-state index contributed by atoms with van der Waals surface area (Å²) in [6, 6.07) is 6.47. The first-order valence-corrected chi connectivity index (χ1v) is 6.88. The Balaban J connectivity index is 2.59. The van der Waals surface area contributed by atoms with Crippen molar-refractivity contribution in [2.45, 2.75) is 6.92 Å². The number of halogens is 1. The number of nitrogens with one attached hydrogen (secondary N) is 1. The average molecular weight is 318 g/mol. The zero-order chi connectivity index (χ0) is 16.0. The number of aromatic amines is 1. The lowest BCUT2D eigenvalue weighted by atomic mass is 10.0. The fourth-order valence-corrected chi connectivity index (χ4v) is 2.96. The maximum absolute atomic E-state index is 12.7. The first-order chi connectivity index (χ1) is 10.4. The number of aromatic nitrogens is 1. The molecule has 0 saturated heterocycles. The molecule has 0 fully saturated rings. The number of carboxylic acid groups (broad SMARTS) is 1. The molecular formula is C16H12ClNO4. The molecule has 1 aromatic heterocycles. The van der Waals surface area contributed by atoms with Crippen LogP contribution in [-0.2, 0) is 0 Å². The van der Waals surface area contributed by atoms with E-state index < -0.39 is 5.97 Å². The minimum Gasteiger partial charge on any atom is -0.497 e. The Morgan fingerprint density at radius 2 is 2.05 bits per heavy atom. The van der Waals surface area contributed by atoms with E-state index in [0.29, 0.717) is 22.2 Å². The molecule has 0 unspecified atom stereocenters. The van der Waals surface area contributed by atoms with Gasteiger partial charge in [-0.3, -0.25) is 4.79 Å². The molecule has 2 aromatic carbocycles. The van der Waals surface area contributed by atoms with Crippen LogP contribution in [0.1, 0.15) is 15.9 Å². The maximum atomic E-state index is 12.7. The average Bonchev–Trinajstić information content (AvgIpc) is 2.46. The van der Waals surface area contributed by atoms with E-state index in [0.717, 1.165) is 0 Å². The second-order valence-electron chi connectivity index (χ2n) is 4.97. The Kier molecular flexibility index (Phi) is 3.30. The maximum Gasteiger partial charge on any atom is 0.338 e. The third kappa shape index (κ3) is 2.02. The van der Waals surface area contributed by atoms with Crippen molar-refractivity contribution in [3.05, 3.63) is 50.6 Å². The molecule has 2 N–H and O–H groups in total. The van der Waals surface area contributed by atoms with Gasteiger partial charge in [-0.05, 0) is 36.8 Å². The van der Waals surface area contributed by atoms with Crippen molar-refractivity contribution in [1.29, 1.82) is 0 Å². The van der Waals surface area contributed by atoms with Crippen LogP contribution in [0.2, 0.25) is 5.02 Å². The largest absolute Gasteiger partial charge is 0.497 e. The van der Waals surface area contributed by atoms with Gasteiger partial charge in [0.15, 0.2) is 5.43 Å². The minimum atomic E-state index is -1.11. The lowest BCUT2D eigenvalue weighted by Gasteiger charge is -2.10. The summed E-state index contributed by atoms with van der Waals surface area (Å²) in [5.74, 6) is -0.568. The lowest BCUT2D eigenvalue weighted by molar-refractivity contribution is 0.0698. The summed E-state index contributed by atoms with van der Waals surface area (Å²) in [6.45, 7) is 1.64. The summed E-state index contributed by atoms with van der Waals surface area (Å²) in [7, 11) is 1.51. The summed E-state index contributed by atoms with van der Waals surface area (Å²) in [6.07, 6.45) is 0. The molecule has 0 amide bonds. The van der Waals surface area contributed by atoms with E-state index in [-0.39, 0.29) is 26.9 Å². The molecule has 0 bridgehead atoms. The van der Waals surface area contributed by atoms with Crippen LogP contribution < -0.4 is 10.2 Å². The molecule has 0 saturated carbocycles. The number of aromatic carboxylic acids is 1. The second kappa shape index (κ2) is 5.03. The number of rotatable bonds is 2. The molecule has 0 atom stereocenters. The predicted octanol–water partition coefficient (Wildman–Crippen LogP) is 3.35. The van der Waals surface area contributed by atoms with Crippen molar-refractivity contribution in [3.8, 4) is 5.75 Å². The summed E-state index contributed by atoms with van der Waals surface area (Å²) in [4.78, 5) is 27.2. The van der Waals surface area contributed by atoms with E-state index in [1.807, 2.05) is 0 Å². The molecule has 0 spiro atoms. The molecule has 0 aliphatic carbocycles. The molecular weight excluding hydrogens is 306 g/mol. The van der Waals surface area contributed by atoms with Gasteiger partial charge < -0.3 is 14.8 Å². The number of carboxylic acids is 1. The Bertz CT molecular complexity index is 991. The number of ether oxygens (including phenoxy) is 1. The highest BCUT2D eigenvalue weighted by molar-refractivity contribution is 6.36. The molecule has 0 aliphatic rings. The molecule has 0 radical (unpaired) electrons. The normalized spacial score (nSPS) is 11.0. The Labute approximate surface area is 130 Å². The molecule has 6 heteroatoms. The van der Waals surface area contributed by atoms with E-state index in [1.165, 1.54) is 13.2 Å². The number of benzene rings is 2. The molecule has 1 heterocycles. The van der Waals surface area contributed by atoms with E-state index in [4.69, 9.17) is 16.3 Å². The fraction of sp³-hybridized carbons (Fsp3) is 0.125. The lowest BCUT2D eigenvalue weighted by Crippen LogP contribution is -2.10. The van der Waals surface area contributed by atoms with Gasteiger partial charge >= 0.3 is 5.97 Å². The van der Waals surface area contributed by atoms with Crippen molar-refractivity contribution < 1.29 is 14.6 Å². The number of H-pyrrole nitrogens is 1. The van der Waals surface area contributed by atoms with Gasteiger partial charge in [-0.1, -0.05) is 11.6 Å². The van der Waals surface area contributed by atoms with E-state index in [9.17, 15) is 14.7 Å². The highest BCUT2D eigenvalue weighted by atomic mass is 35.5. The van der Waals surface area contributed by atoms with E-state index in [2.05, 4.69) is 4.98 Å². The topological polar surface area (TPSA) is 79.4 Å². The highest BCUT2D eigenvalue weighted by Gasteiger charge is 2.19. The molecule has 3 aromatic rings. The monoisotopic (exact) mass is 317 g/mol. The van der Waals surface area contributed by atoms with Crippen LogP contribution in [0.15, 0.2) is 29.1 Å². The van der Waals surface area contributed by atoms with Crippen LogP contribution in [-0.4, -0.2) is 23.2 Å². The minimum absolute atomic E-state index is 0.0502. The first-order valence-electron chi connectivity index (χ1n) is 6.50. The molecule has 0 aliphatic heterocycles. The number of carbonyl (C=O) groups is 1. The van der Waals surface area contributed by atoms with Gasteiger partial charge in [-0.15, -0.1) is 0 Å². The Morgan fingerprint density at radius 1 is 1.32 bits per heavy atom. The number of fused-ring (bicyclic) bond motifs is 2. The quantitative estimate of drug-likeness (QED) is 0.710. The summed E-state index contributed by atoms with van der Waals surface area (Å²) in [5, 5.41) is 10.2. The zero-order valence-electron chi connectivity index (χ0n) is 11.9. The van der Waals surface area contributed by atoms with Gasteiger partial charge in [-0.25, -0.2) is 4.79 Å². The molecule has 112 valence electrons. The van der Waals surface area contributed by atoms with Crippen LogP contribution >= 0.6 is 11.6 Å². The van der Waals surface area contributed by atoms with Crippen molar-refractivity contribution in [3.63, 3.8) is 0 Å². The number of aryl methyl sites for hydroxylation is 1. The molecule has 5 nitrogen and oxygen atoms in total. The first kappa shape index (κ1) is 14.4. The predicted molar refractivity (Wildman–Crippen MR) is 85.3 cm³/mol. The van der Waals surface area contributed by atoms with Crippen LogP contribution in [0.25, 0.3) is 21.8 Å². The van der Waals surface area contributed by atoms with Crippen molar-refractivity contribution >= 4 is 39.4 Å². The van der Waals surface area contributed by atoms with Gasteiger partial charge in [0.2, 0.25) is 0 Å². The Morgan fingerprint density at radius 3 is 2.68 bits per heavy atom. The fourth-order valence-electron chi connectivity index (χ4n) is 2.62. The standard InChI is InChI=1S/C16H12ClNO4/c1-7-5-10(17)13-14(12(7)16(20)21)18-11-4-3-8(22-2)6-9(11)15(13)19/h3-6H,1-2H3,(H,18,19)(H,20,21). The van der Waals surface area contributed by atoms with Crippen molar-refractivity contribution in [1.82, 2.24) is 4.98 Å². The van der Waals surface area contributed by atoms with Gasteiger partial charge in [-0.2, -0.15) is 0 Å². The van der Waals surface area contributed by atoms with Crippen molar-refractivity contribution in [2.24, 2.45) is 0 Å². The zero-order valence-corrected chi connectivity index (χ0v) is 12.6. The highest BCUT2D eigenvalue weighted by Crippen LogP contribution is 2.29. The van der Waals surface area contributed by atoms with Gasteiger partial charge in [0.1, 0.15) is 5.75 Å². The van der Waals surface area contributed by atoms with E-state index >= 15 is 0 Å². The SMILES string of the molecule is COc1ccc2[nH]c3c(C(=O)O)c(C)cc(Cl)c3c(=O)c2c1. The third-order valence-corrected chi connectivity index (χ3v) is 3.95. The van der Waals surface area contributed by atoms with Gasteiger partial charge in [0, 0.05) is 5.39 Å². The van der Waals surface area contributed by atoms with Crippen molar-refractivity contribution in [2.75, 3.05) is 7.11 Å². The van der Waals surface area contributed by atoms with Crippen LogP contribution in [0.3, 0.4) is 0 Å². The molecule has 3 rings (SSSR count). The summed E-state index contributed by atoms with van der Waals surface area (Å²) in [5.41, 5.74) is 0.987. The van der Waals surface area contributed by atoms with Gasteiger partial charge in [0.05, 0.1) is 34.1 Å². The number of hydrogen-bond donors (Lipinski definition) is 2. The van der Waals surface area contributed by atoms with Crippen LogP contribution in [0.4, 0.5) is 0 Å². The number of pyridine rings is 1. The van der Waals surface area contributed by atoms with Gasteiger partial charge in [0.25, 0.3) is 0 Å². The number of hydrogen-bond acceptors (Lipinski definition) is 3. The summed E-state index contributed by atoms with van der Waals surface area (Å²) >= 11 is 6.17. The van der Waals surface area contributed by atoms with Crippen LogP contribution in [0, 0.1) is 6.92 Å². The summed E-state index contributed by atoms with van der Waals surface area (Å²) < 4.78 is 5.12. The third-order valence-electron chi connectivity index (χ3n) is 3.65. The van der Waals surface area contributed by atoms with Crippen LogP contribution in [0.5, 0.6) is 5.75 Å². The molecule has 22 heavy (non-hydrogen) atoms. The smallest absolute Gasteiger partial charge is 0.338 e. The second-order valence-corrected chi connectivity index (χ2v) is 5.38. The number of methoxy groups -OCH3 is 1. The Hall–Kier alpha value is -2.53. The van der Waals surface area contributed by atoms with E-state index in [1.54, 1.807) is 25.1 Å².